The quantitative estimate of drug-likeness (QED) is 0.503. The van der Waals surface area contributed by atoms with Crippen LogP contribution in [0, 0.1) is 0 Å². The summed E-state index contributed by atoms with van der Waals surface area (Å²) < 4.78 is 6.11. The molecule has 2 aromatic carbocycles. The fraction of sp³-hybridized carbons (Fsp3) is 0.280. The minimum absolute atomic E-state index is 0.322. The number of nitrogens with zero attached hydrogens (tertiary/aromatic N) is 3. The van der Waals surface area contributed by atoms with Crippen LogP contribution in [0.25, 0.3) is 0 Å². The predicted octanol–water partition coefficient (Wildman–Crippen LogP) is 5.11. The van der Waals surface area contributed by atoms with Crippen molar-refractivity contribution in [1.29, 1.82) is 0 Å². The molecule has 3 aromatic rings. The first-order valence-corrected chi connectivity index (χ1v) is 10.8. The van der Waals surface area contributed by atoms with Crippen LogP contribution >= 0.6 is 11.6 Å². The van der Waals surface area contributed by atoms with E-state index in [0.717, 1.165) is 35.6 Å². The number of pyridine rings is 1. The molecule has 0 spiro atoms. The summed E-state index contributed by atoms with van der Waals surface area (Å²) in [4.78, 5) is 21.4. The van der Waals surface area contributed by atoms with Gasteiger partial charge < -0.3 is 14.5 Å². The van der Waals surface area contributed by atoms with Crippen molar-refractivity contribution in [3.05, 3.63) is 88.2 Å². The summed E-state index contributed by atoms with van der Waals surface area (Å²) in [7, 11) is 3.92. The number of hydrogen-bond donors (Lipinski definition) is 0. The highest BCUT2D eigenvalue weighted by Gasteiger charge is 2.50. The molecule has 0 saturated heterocycles. The fourth-order valence-electron chi connectivity index (χ4n) is 4.23. The molecule has 0 radical (unpaired) electrons. The first-order chi connectivity index (χ1) is 14.9. The number of benzene rings is 2. The zero-order valence-electron chi connectivity index (χ0n) is 18.2. The maximum Gasteiger partial charge on any atom is 0.358 e. The highest BCUT2D eigenvalue weighted by Crippen LogP contribution is 2.49. The number of anilines is 2. The van der Waals surface area contributed by atoms with Gasteiger partial charge in [-0.25, -0.2) is 9.78 Å². The summed E-state index contributed by atoms with van der Waals surface area (Å²) in [6, 6.07) is 17.7. The highest BCUT2D eigenvalue weighted by atomic mass is 35.5. The Morgan fingerprint density at radius 1 is 0.968 bits per heavy atom. The van der Waals surface area contributed by atoms with Crippen LogP contribution in [0.2, 0.25) is 5.02 Å². The van der Waals surface area contributed by atoms with Gasteiger partial charge in [-0.05, 0) is 44.2 Å². The average molecular weight is 436 g/mol. The largest absolute Gasteiger partial charge is 0.439 e. The Morgan fingerprint density at radius 3 is 2.26 bits per heavy atom. The van der Waals surface area contributed by atoms with Crippen molar-refractivity contribution in [2.45, 2.75) is 19.4 Å². The van der Waals surface area contributed by atoms with Crippen molar-refractivity contribution in [2.75, 3.05) is 37.0 Å². The zero-order valence-corrected chi connectivity index (χ0v) is 19.0. The molecular weight excluding hydrogens is 410 g/mol. The molecule has 160 valence electrons. The lowest BCUT2D eigenvalue weighted by atomic mass is 9.80. The molecule has 2 heterocycles. The number of rotatable bonds is 6. The number of cyclic esters (lactones) is 1. The molecule has 1 unspecified atom stereocenters. The van der Waals surface area contributed by atoms with Crippen LogP contribution < -0.4 is 9.80 Å². The topological polar surface area (TPSA) is 45.7 Å². The van der Waals surface area contributed by atoms with E-state index in [2.05, 4.69) is 35.9 Å². The molecule has 1 atom stereocenters. The van der Waals surface area contributed by atoms with Gasteiger partial charge in [0.2, 0.25) is 0 Å². The van der Waals surface area contributed by atoms with Gasteiger partial charge in [-0.1, -0.05) is 35.9 Å². The second-order valence-corrected chi connectivity index (χ2v) is 8.16. The Bertz CT molecular complexity index is 1110. The van der Waals surface area contributed by atoms with Crippen molar-refractivity contribution in [1.82, 2.24) is 4.98 Å². The second kappa shape index (κ2) is 8.23. The SMILES string of the molecule is CCN(CC)c1ccc(C2(c3ccc(N(C)C)cc3Cl)OC(=O)c3ncccc32)cc1. The van der Waals surface area contributed by atoms with E-state index < -0.39 is 11.6 Å². The van der Waals surface area contributed by atoms with Crippen LogP contribution in [-0.2, 0) is 10.3 Å². The van der Waals surface area contributed by atoms with Crippen LogP contribution in [0.1, 0.15) is 41.0 Å². The van der Waals surface area contributed by atoms with Crippen LogP contribution in [0.3, 0.4) is 0 Å². The van der Waals surface area contributed by atoms with Gasteiger partial charge in [-0.15, -0.1) is 0 Å². The maximum absolute atomic E-state index is 12.8. The molecule has 1 aliphatic rings. The van der Waals surface area contributed by atoms with Crippen LogP contribution in [0.5, 0.6) is 0 Å². The van der Waals surface area contributed by atoms with Gasteiger partial charge >= 0.3 is 5.97 Å². The number of halogens is 1. The molecule has 0 N–H and O–H groups in total. The molecule has 0 amide bonds. The van der Waals surface area contributed by atoms with Gasteiger partial charge in [0.15, 0.2) is 11.3 Å². The molecule has 0 bridgehead atoms. The molecule has 5 nitrogen and oxygen atoms in total. The summed E-state index contributed by atoms with van der Waals surface area (Å²) in [5.74, 6) is -0.448. The summed E-state index contributed by atoms with van der Waals surface area (Å²) in [6.07, 6.45) is 1.61. The lowest BCUT2D eigenvalue weighted by Crippen LogP contribution is -2.30. The van der Waals surface area contributed by atoms with E-state index in [0.29, 0.717) is 16.3 Å². The van der Waals surface area contributed by atoms with Crippen LogP contribution in [-0.4, -0.2) is 38.1 Å². The summed E-state index contributed by atoms with van der Waals surface area (Å²) >= 11 is 6.79. The number of esters is 1. The third-order valence-electron chi connectivity index (χ3n) is 5.88. The molecule has 0 saturated carbocycles. The van der Waals surface area contributed by atoms with E-state index in [9.17, 15) is 4.79 Å². The van der Waals surface area contributed by atoms with E-state index in [1.165, 1.54) is 0 Å². The van der Waals surface area contributed by atoms with E-state index in [1.807, 2.05) is 61.5 Å². The molecule has 6 heteroatoms. The van der Waals surface area contributed by atoms with Crippen molar-refractivity contribution in [3.63, 3.8) is 0 Å². The first-order valence-electron chi connectivity index (χ1n) is 10.4. The third-order valence-corrected chi connectivity index (χ3v) is 6.19. The fourth-order valence-corrected chi connectivity index (χ4v) is 4.54. The van der Waals surface area contributed by atoms with Gasteiger partial charge in [-0.2, -0.15) is 0 Å². The van der Waals surface area contributed by atoms with E-state index in [4.69, 9.17) is 16.3 Å². The first kappa shape index (κ1) is 21.2. The molecular formula is C25H26ClN3O2. The highest BCUT2D eigenvalue weighted by molar-refractivity contribution is 6.32. The molecule has 1 aliphatic heterocycles. The van der Waals surface area contributed by atoms with Crippen molar-refractivity contribution in [3.8, 4) is 0 Å². The van der Waals surface area contributed by atoms with Crippen LogP contribution in [0.4, 0.5) is 11.4 Å². The van der Waals surface area contributed by atoms with Crippen LogP contribution in [0.15, 0.2) is 60.8 Å². The smallest absolute Gasteiger partial charge is 0.358 e. The number of hydrogen-bond acceptors (Lipinski definition) is 5. The Morgan fingerprint density at radius 2 is 1.65 bits per heavy atom. The number of aromatic nitrogens is 1. The van der Waals surface area contributed by atoms with Gasteiger partial charge in [0, 0.05) is 61.4 Å². The number of fused-ring (bicyclic) bond motifs is 1. The zero-order chi connectivity index (χ0) is 22.2. The number of carbonyl (C=O) groups is 1. The van der Waals surface area contributed by atoms with Crippen molar-refractivity contribution < 1.29 is 9.53 Å². The van der Waals surface area contributed by atoms with Crippen molar-refractivity contribution in [2.24, 2.45) is 0 Å². The lowest BCUT2D eigenvalue weighted by molar-refractivity contribution is 0.0249. The maximum atomic E-state index is 12.8. The van der Waals surface area contributed by atoms with Gasteiger partial charge in [0.1, 0.15) is 0 Å². The van der Waals surface area contributed by atoms with Crippen molar-refractivity contribution >= 4 is 28.9 Å². The third kappa shape index (κ3) is 3.43. The Kier molecular flexibility index (Phi) is 5.63. The van der Waals surface area contributed by atoms with E-state index >= 15 is 0 Å². The monoisotopic (exact) mass is 435 g/mol. The molecule has 4 rings (SSSR count). The summed E-state index contributed by atoms with van der Waals surface area (Å²) in [5, 5.41) is 0.531. The number of ether oxygens (including phenoxy) is 1. The van der Waals surface area contributed by atoms with E-state index in [1.54, 1.807) is 6.20 Å². The molecule has 0 fully saturated rings. The average Bonchev–Trinajstić information content (AvgIpc) is 3.08. The minimum Gasteiger partial charge on any atom is -0.439 e. The second-order valence-electron chi connectivity index (χ2n) is 7.75. The Labute approximate surface area is 188 Å². The van der Waals surface area contributed by atoms with Gasteiger partial charge in [0.05, 0.1) is 5.02 Å². The van der Waals surface area contributed by atoms with Gasteiger partial charge in [0.25, 0.3) is 0 Å². The summed E-state index contributed by atoms with van der Waals surface area (Å²) in [5.41, 5.74) is 3.52. The molecule has 1 aromatic heterocycles. The standard InChI is InChI=1S/C25H26ClN3O2/c1-5-29(6-2)18-11-9-17(10-12-18)25(20-14-13-19(28(3)4)16-22(20)26)21-8-7-15-27-23(21)24(30)31-25/h7-16H,5-6H2,1-4H3. The Hall–Kier alpha value is -3.05. The Balaban J connectivity index is 1.94. The molecule has 0 aliphatic carbocycles. The predicted molar refractivity (Wildman–Crippen MR) is 125 cm³/mol. The summed E-state index contributed by atoms with van der Waals surface area (Å²) in [6.45, 7) is 6.10. The van der Waals surface area contributed by atoms with E-state index in [-0.39, 0.29) is 0 Å². The number of carbonyl (C=O) groups excluding carboxylic acids is 1. The lowest BCUT2D eigenvalue weighted by Gasteiger charge is -2.32. The normalized spacial score (nSPS) is 17.3. The van der Waals surface area contributed by atoms with Gasteiger partial charge in [-0.3, -0.25) is 0 Å². The minimum atomic E-state index is -1.15. The molecule has 31 heavy (non-hydrogen) atoms.